The third-order valence-corrected chi connectivity index (χ3v) is 4.41. The van der Waals surface area contributed by atoms with Gasteiger partial charge in [0.1, 0.15) is 11.9 Å². The highest BCUT2D eigenvalue weighted by Gasteiger charge is 2.22. The summed E-state index contributed by atoms with van der Waals surface area (Å²) in [6.45, 7) is 1.56. The normalized spacial score (nSPS) is 16.1. The smallest absolute Gasteiger partial charge is 0.321 e. The second-order valence-corrected chi connectivity index (χ2v) is 6.42. The van der Waals surface area contributed by atoms with E-state index in [0.29, 0.717) is 5.56 Å². The molecule has 138 valence electrons. The number of aromatic nitrogens is 4. The Balaban J connectivity index is 1.59. The zero-order valence-corrected chi connectivity index (χ0v) is 14.5. The predicted molar refractivity (Wildman–Crippen MR) is 91.5 cm³/mol. The summed E-state index contributed by atoms with van der Waals surface area (Å²) in [6, 6.07) is 4.54. The average Bonchev–Trinajstić information content (AvgIpc) is 3.12. The van der Waals surface area contributed by atoms with Gasteiger partial charge in [-0.1, -0.05) is 31.4 Å². The van der Waals surface area contributed by atoms with E-state index in [1.54, 1.807) is 13.0 Å². The number of benzene rings is 1. The molecule has 1 aliphatic carbocycles. The molecule has 1 aromatic heterocycles. The molecule has 1 fully saturated rings. The molecular formula is C17H21FN6O2. The van der Waals surface area contributed by atoms with Crippen molar-refractivity contribution in [1.82, 2.24) is 30.8 Å². The molecule has 0 radical (unpaired) electrons. The molecule has 1 unspecified atom stereocenters. The number of hydrogen-bond acceptors (Lipinski definition) is 5. The number of nitrogens with zero attached hydrogens (tertiary/aromatic N) is 4. The number of imide groups is 1. The van der Waals surface area contributed by atoms with Crippen molar-refractivity contribution in [1.29, 1.82) is 0 Å². The molecule has 2 N–H and O–H groups in total. The first-order valence-electron chi connectivity index (χ1n) is 8.70. The van der Waals surface area contributed by atoms with E-state index in [1.165, 1.54) is 24.6 Å². The molecule has 1 aliphatic rings. The Labute approximate surface area is 150 Å². The Bertz CT molecular complexity index is 787. The van der Waals surface area contributed by atoms with Crippen LogP contribution in [0.15, 0.2) is 24.3 Å². The van der Waals surface area contributed by atoms with Gasteiger partial charge in [0.2, 0.25) is 5.82 Å². The van der Waals surface area contributed by atoms with Gasteiger partial charge in [-0.2, -0.15) is 4.80 Å². The van der Waals surface area contributed by atoms with Gasteiger partial charge in [-0.25, -0.2) is 9.18 Å². The monoisotopic (exact) mass is 360 g/mol. The highest BCUT2D eigenvalue weighted by atomic mass is 19.1. The van der Waals surface area contributed by atoms with Gasteiger partial charge >= 0.3 is 6.03 Å². The van der Waals surface area contributed by atoms with E-state index in [-0.39, 0.29) is 11.9 Å². The first-order chi connectivity index (χ1) is 12.5. The summed E-state index contributed by atoms with van der Waals surface area (Å²) in [4.78, 5) is 25.3. The zero-order valence-electron chi connectivity index (χ0n) is 14.5. The summed E-state index contributed by atoms with van der Waals surface area (Å²) >= 11 is 0. The van der Waals surface area contributed by atoms with Crippen molar-refractivity contribution in [3.05, 3.63) is 30.1 Å². The van der Waals surface area contributed by atoms with Crippen molar-refractivity contribution in [3.63, 3.8) is 0 Å². The molecule has 26 heavy (non-hydrogen) atoms. The van der Waals surface area contributed by atoms with Crippen molar-refractivity contribution in [2.45, 2.75) is 51.1 Å². The van der Waals surface area contributed by atoms with Gasteiger partial charge in [0.15, 0.2) is 0 Å². The number of halogens is 1. The lowest BCUT2D eigenvalue weighted by atomic mass is 9.96. The minimum Gasteiger partial charge on any atom is -0.335 e. The van der Waals surface area contributed by atoms with Gasteiger partial charge in [0.05, 0.1) is 0 Å². The van der Waals surface area contributed by atoms with Gasteiger partial charge in [-0.05, 0) is 37.1 Å². The molecular weight excluding hydrogens is 339 g/mol. The molecule has 3 amide bonds. The van der Waals surface area contributed by atoms with E-state index < -0.39 is 23.8 Å². The van der Waals surface area contributed by atoms with Gasteiger partial charge in [0.25, 0.3) is 5.91 Å². The van der Waals surface area contributed by atoms with Crippen molar-refractivity contribution in [2.75, 3.05) is 0 Å². The minimum absolute atomic E-state index is 0.107. The summed E-state index contributed by atoms with van der Waals surface area (Å²) in [6.07, 6.45) is 5.21. The van der Waals surface area contributed by atoms with Gasteiger partial charge in [-0.15, -0.1) is 10.2 Å². The van der Waals surface area contributed by atoms with Gasteiger partial charge < -0.3 is 5.32 Å². The maximum Gasteiger partial charge on any atom is 0.321 e. The first-order valence-corrected chi connectivity index (χ1v) is 8.70. The third kappa shape index (κ3) is 4.41. The maximum absolute atomic E-state index is 13.3. The van der Waals surface area contributed by atoms with E-state index >= 15 is 0 Å². The van der Waals surface area contributed by atoms with E-state index in [1.807, 2.05) is 0 Å². The Kier molecular flexibility index (Phi) is 5.55. The standard InChI is InChI=1S/C17H21FN6O2/c1-11(16(25)20-17(26)19-14-8-3-2-4-9-14)24-22-15(21-23-24)12-6-5-7-13(18)10-12/h5-7,10-11,14H,2-4,8-9H2,1H3,(H2,19,20,25,26). The van der Waals surface area contributed by atoms with E-state index in [4.69, 9.17) is 0 Å². The van der Waals surface area contributed by atoms with Crippen molar-refractivity contribution >= 4 is 11.9 Å². The quantitative estimate of drug-likeness (QED) is 0.870. The van der Waals surface area contributed by atoms with Crippen LogP contribution < -0.4 is 10.6 Å². The Morgan fingerprint density at radius 1 is 1.27 bits per heavy atom. The molecule has 0 bridgehead atoms. The van der Waals surface area contributed by atoms with Crippen LogP contribution in [-0.4, -0.2) is 38.2 Å². The molecule has 0 saturated heterocycles. The number of nitrogens with one attached hydrogen (secondary N) is 2. The third-order valence-electron chi connectivity index (χ3n) is 4.41. The zero-order chi connectivity index (χ0) is 18.5. The van der Waals surface area contributed by atoms with Crippen LogP contribution in [0.1, 0.15) is 45.1 Å². The van der Waals surface area contributed by atoms with Crippen molar-refractivity contribution in [3.8, 4) is 11.4 Å². The van der Waals surface area contributed by atoms with Crippen molar-refractivity contribution < 1.29 is 14.0 Å². The number of urea groups is 1. The number of tetrazole rings is 1. The Morgan fingerprint density at radius 3 is 2.77 bits per heavy atom. The Hall–Kier alpha value is -2.84. The summed E-state index contributed by atoms with van der Waals surface area (Å²) in [5.41, 5.74) is 0.457. The fourth-order valence-corrected chi connectivity index (χ4v) is 2.92. The van der Waals surface area contributed by atoms with Crippen molar-refractivity contribution in [2.24, 2.45) is 0 Å². The molecule has 9 heteroatoms. The van der Waals surface area contributed by atoms with Crippen LogP contribution in [-0.2, 0) is 4.79 Å². The predicted octanol–water partition coefficient (Wildman–Crippen LogP) is 2.20. The van der Waals surface area contributed by atoms with Crippen LogP contribution >= 0.6 is 0 Å². The second-order valence-electron chi connectivity index (χ2n) is 6.42. The molecule has 1 saturated carbocycles. The molecule has 8 nitrogen and oxygen atoms in total. The highest BCUT2D eigenvalue weighted by Crippen LogP contribution is 2.17. The van der Waals surface area contributed by atoms with E-state index in [0.717, 1.165) is 30.5 Å². The van der Waals surface area contributed by atoms with Crippen LogP contribution in [0.2, 0.25) is 0 Å². The number of hydrogen-bond donors (Lipinski definition) is 2. The molecule has 0 aliphatic heterocycles. The molecule has 0 spiro atoms. The number of carbonyl (C=O) groups excluding carboxylic acids is 2. The van der Waals surface area contributed by atoms with Gasteiger partial charge in [0, 0.05) is 11.6 Å². The summed E-state index contributed by atoms with van der Waals surface area (Å²) in [5.74, 6) is -0.749. The number of rotatable bonds is 4. The van der Waals surface area contributed by atoms with Crippen LogP contribution in [0.25, 0.3) is 11.4 Å². The van der Waals surface area contributed by atoms with Crippen LogP contribution in [0.4, 0.5) is 9.18 Å². The number of amides is 3. The first kappa shape index (κ1) is 18.0. The molecule has 2 aromatic rings. The summed E-state index contributed by atoms with van der Waals surface area (Å²) in [7, 11) is 0. The molecule has 1 atom stereocenters. The molecule has 3 rings (SSSR count). The van der Waals surface area contributed by atoms with Gasteiger partial charge in [-0.3, -0.25) is 10.1 Å². The lowest BCUT2D eigenvalue weighted by Gasteiger charge is -2.22. The Morgan fingerprint density at radius 2 is 2.04 bits per heavy atom. The fourth-order valence-electron chi connectivity index (χ4n) is 2.92. The summed E-state index contributed by atoms with van der Waals surface area (Å²) < 4.78 is 13.3. The minimum atomic E-state index is -0.832. The van der Waals surface area contributed by atoms with Crippen LogP contribution in [0.5, 0.6) is 0 Å². The largest absolute Gasteiger partial charge is 0.335 e. The van der Waals surface area contributed by atoms with Crippen LogP contribution in [0, 0.1) is 5.82 Å². The summed E-state index contributed by atoms with van der Waals surface area (Å²) in [5, 5.41) is 16.9. The fraction of sp³-hybridized carbons (Fsp3) is 0.471. The van der Waals surface area contributed by atoms with Crippen LogP contribution in [0.3, 0.4) is 0 Å². The topological polar surface area (TPSA) is 102 Å². The van der Waals surface area contributed by atoms with E-state index in [9.17, 15) is 14.0 Å². The SMILES string of the molecule is CC(C(=O)NC(=O)NC1CCCCC1)n1nnc(-c2cccc(F)c2)n1. The number of carbonyl (C=O) groups is 2. The highest BCUT2D eigenvalue weighted by molar-refractivity contribution is 5.96. The average molecular weight is 360 g/mol. The second kappa shape index (κ2) is 8.03. The van der Waals surface area contributed by atoms with E-state index in [2.05, 4.69) is 26.0 Å². The lowest BCUT2D eigenvalue weighted by molar-refractivity contribution is -0.123. The maximum atomic E-state index is 13.3. The lowest BCUT2D eigenvalue weighted by Crippen LogP contribution is -2.47. The molecule has 1 heterocycles. The molecule has 1 aromatic carbocycles.